The lowest BCUT2D eigenvalue weighted by atomic mass is 10.2. The van der Waals surface area contributed by atoms with Gasteiger partial charge in [-0.25, -0.2) is 0 Å². The van der Waals surface area contributed by atoms with E-state index in [-0.39, 0.29) is 18.5 Å². The van der Waals surface area contributed by atoms with E-state index in [0.717, 1.165) is 16.9 Å². The van der Waals surface area contributed by atoms with Crippen LogP contribution in [0, 0.1) is 0 Å². The molecule has 0 radical (unpaired) electrons. The number of carbonyl (C=O) groups is 1. The largest absolute Gasteiger partial charge is 0.454 e. The van der Waals surface area contributed by atoms with E-state index in [1.807, 2.05) is 31.2 Å². The van der Waals surface area contributed by atoms with E-state index in [0.29, 0.717) is 30.0 Å². The summed E-state index contributed by atoms with van der Waals surface area (Å²) in [7, 11) is 0. The molecule has 1 amide bonds. The zero-order valence-electron chi connectivity index (χ0n) is 15.2. The fraction of sp³-hybridized carbons (Fsp3) is 0.263. The van der Waals surface area contributed by atoms with Crippen LogP contribution in [0.2, 0.25) is 0 Å². The van der Waals surface area contributed by atoms with Crippen molar-refractivity contribution in [2.24, 2.45) is 0 Å². The first-order valence-corrected chi connectivity index (χ1v) is 9.74. The van der Waals surface area contributed by atoms with Crippen LogP contribution in [0.5, 0.6) is 11.5 Å². The summed E-state index contributed by atoms with van der Waals surface area (Å²) in [5.41, 5.74) is 1.73. The van der Waals surface area contributed by atoms with E-state index < -0.39 is 0 Å². The monoisotopic (exact) mass is 398 g/mol. The molecule has 144 valence electrons. The molecule has 1 aliphatic heterocycles. The fourth-order valence-electron chi connectivity index (χ4n) is 2.72. The van der Waals surface area contributed by atoms with Crippen LogP contribution < -0.4 is 9.47 Å². The molecule has 9 heteroatoms. The Morgan fingerprint density at radius 2 is 2.11 bits per heavy atom. The number of aromatic nitrogens is 3. The van der Waals surface area contributed by atoms with Gasteiger partial charge >= 0.3 is 0 Å². The number of hydrogen-bond donors (Lipinski definition) is 0. The SMILES string of the molecule is CCN(Cc1ccc2c(c1)OCO2)C(=O)CSc1nnc(-c2cccnc2)o1. The third kappa shape index (κ3) is 4.09. The van der Waals surface area contributed by atoms with E-state index in [1.165, 1.54) is 11.8 Å². The standard InChI is InChI=1S/C19H18N4O4S/c1-2-23(10-13-5-6-15-16(8-13)26-12-25-15)17(24)11-28-19-22-21-18(27-19)14-4-3-7-20-9-14/h3-9H,2,10-12H2,1H3. The van der Waals surface area contributed by atoms with Crippen molar-refractivity contribution in [3.63, 3.8) is 0 Å². The topological polar surface area (TPSA) is 90.6 Å². The first kappa shape index (κ1) is 18.3. The van der Waals surface area contributed by atoms with E-state index in [1.54, 1.807) is 23.4 Å². The van der Waals surface area contributed by atoms with Crippen LogP contribution in [0.25, 0.3) is 11.5 Å². The number of fused-ring (bicyclic) bond motifs is 1. The van der Waals surface area contributed by atoms with E-state index in [9.17, 15) is 4.79 Å². The van der Waals surface area contributed by atoms with Gasteiger partial charge in [-0.05, 0) is 36.8 Å². The highest BCUT2D eigenvalue weighted by Gasteiger charge is 2.18. The summed E-state index contributed by atoms with van der Waals surface area (Å²) < 4.78 is 16.3. The van der Waals surface area contributed by atoms with Gasteiger partial charge in [-0.3, -0.25) is 9.78 Å². The summed E-state index contributed by atoms with van der Waals surface area (Å²) >= 11 is 1.22. The van der Waals surface area contributed by atoms with E-state index in [2.05, 4.69) is 15.2 Å². The minimum atomic E-state index is -0.00806. The molecule has 0 bridgehead atoms. The van der Waals surface area contributed by atoms with Crippen LogP contribution in [0.1, 0.15) is 12.5 Å². The minimum Gasteiger partial charge on any atom is -0.454 e. The van der Waals surface area contributed by atoms with Crippen molar-refractivity contribution in [1.29, 1.82) is 0 Å². The predicted octanol–water partition coefficient (Wildman–Crippen LogP) is 3.00. The van der Waals surface area contributed by atoms with Gasteiger partial charge in [0.05, 0.1) is 11.3 Å². The normalized spacial score (nSPS) is 12.2. The smallest absolute Gasteiger partial charge is 0.277 e. The van der Waals surface area contributed by atoms with Gasteiger partial charge in [0.15, 0.2) is 11.5 Å². The van der Waals surface area contributed by atoms with Gasteiger partial charge in [0.2, 0.25) is 18.6 Å². The van der Waals surface area contributed by atoms with Crippen LogP contribution in [0.4, 0.5) is 0 Å². The van der Waals surface area contributed by atoms with Crippen molar-refractivity contribution in [3.05, 3.63) is 48.3 Å². The minimum absolute atomic E-state index is 0.00806. The van der Waals surface area contributed by atoms with Crippen molar-refractivity contribution in [1.82, 2.24) is 20.1 Å². The van der Waals surface area contributed by atoms with Crippen LogP contribution in [0.3, 0.4) is 0 Å². The van der Waals surface area contributed by atoms with Gasteiger partial charge < -0.3 is 18.8 Å². The molecule has 0 N–H and O–H groups in total. The van der Waals surface area contributed by atoms with Gasteiger partial charge in [0, 0.05) is 25.5 Å². The number of hydrogen-bond acceptors (Lipinski definition) is 8. The molecule has 3 aromatic rings. The molecule has 0 fully saturated rings. The van der Waals surface area contributed by atoms with Gasteiger partial charge in [0.1, 0.15) is 0 Å². The Kier molecular flexibility index (Phi) is 5.43. The number of pyridine rings is 1. The first-order chi connectivity index (χ1) is 13.7. The number of rotatable bonds is 7. The number of benzene rings is 1. The van der Waals surface area contributed by atoms with Gasteiger partial charge in [-0.1, -0.05) is 17.8 Å². The summed E-state index contributed by atoms with van der Waals surface area (Å²) in [6.45, 7) is 3.27. The second-order valence-corrected chi connectivity index (χ2v) is 6.93. The number of thioether (sulfide) groups is 1. The van der Waals surface area contributed by atoms with Crippen molar-refractivity contribution in [2.45, 2.75) is 18.7 Å². The summed E-state index contributed by atoms with van der Waals surface area (Å²) in [4.78, 5) is 18.4. The maximum Gasteiger partial charge on any atom is 0.277 e. The number of amides is 1. The van der Waals surface area contributed by atoms with Crippen molar-refractivity contribution < 1.29 is 18.7 Å². The summed E-state index contributed by atoms with van der Waals surface area (Å²) in [5.74, 6) is 2.04. The Balaban J connectivity index is 1.35. The highest BCUT2D eigenvalue weighted by Crippen LogP contribution is 2.33. The Hall–Kier alpha value is -3.07. The first-order valence-electron chi connectivity index (χ1n) is 8.76. The second kappa shape index (κ2) is 8.30. The number of ether oxygens (including phenoxy) is 2. The molecule has 0 saturated heterocycles. The molecule has 4 rings (SSSR count). The van der Waals surface area contributed by atoms with Gasteiger partial charge in [0.25, 0.3) is 5.22 Å². The van der Waals surface area contributed by atoms with Crippen LogP contribution >= 0.6 is 11.8 Å². The van der Waals surface area contributed by atoms with Crippen molar-refractivity contribution >= 4 is 17.7 Å². The summed E-state index contributed by atoms with van der Waals surface area (Å²) in [6, 6.07) is 9.34. The third-order valence-corrected chi connectivity index (χ3v) is 4.98. The van der Waals surface area contributed by atoms with Crippen molar-refractivity contribution in [3.8, 4) is 23.0 Å². The highest BCUT2D eigenvalue weighted by molar-refractivity contribution is 7.99. The molecule has 0 aliphatic carbocycles. The fourth-order valence-corrected chi connectivity index (χ4v) is 3.39. The molecular formula is C19H18N4O4S. The third-order valence-electron chi connectivity index (χ3n) is 4.18. The quantitative estimate of drug-likeness (QED) is 0.561. The van der Waals surface area contributed by atoms with Crippen LogP contribution in [-0.4, -0.2) is 45.1 Å². The van der Waals surface area contributed by atoms with Crippen LogP contribution in [0.15, 0.2) is 52.4 Å². The second-order valence-electron chi connectivity index (χ2n) is 6.00. The molecule has 2 aromatic heterocycles. The van der Waals surface area contributed by atoms with Crippen LogP contribution in [-0.2, 0) is 11.3 Å². The molecule has 3 heterocycles. The Bertz CT molecular complexity index is 964. The lowest BCUT2D eigenvalue weighted by molar-refractivity contribution is -0.128. The number of nitrogens with zero attached hydrogens (tertiary/aromatic N) is 4. The zero-order chi connectivity index (χ0) is 19.3. The predicted molar refractivity (Wildman–Crippen MR) is 102 cm³/mol. The molecule has 28 heavy (non-hydrogen) atoms. The van der Waals surface area contributed by atoms with Gasteiger partial charge in [-0.15, -0.1) is 10.2 Å². The molecule has 1 aliphatic rings. The maximum atomic E-state index is 12.6. The Morgan fingerprint density at radius 3 is 2.93 bits per heavy atom. The number of carbonyl (C=O) groups excluding carboxylic acids is 1. The zero-order valence-corrected chi connectivity index (χ0v) is 16.0. The lowest BCUT2D eigenvalue weighted by Crippen LogP contribution is -2.31. The molecule has 0 spiro atoms. The Labute approximate surface area is 165 Å². The maximum absolute atomic E-state index is 12.6. The van der Waals surface area contributed by atoms with E-state index in [4.69, 9.17) is 13.9 Å². The average Bonchev–Trinajstić information content (AvgIpc) is 3.40. The molecule has 1 aromatic carbocycles. The van der Waals surface area contributed by atoms with Gasteiger partial charge in [-0.2, -0.15) is 0 Å². The summed E-state index contributed by atoms with van der Waals surface area (Å²) in [5, 5.41) is 8.35. The average molecular weight is 398 g/mol. The van der Waals surface area contributed by atoms with E-state index >= 15 is 0 Å². The van der Waals surface area contributed by atoms with Crippen molar-refractivity contribution in [2.75, 3.05) is 19.1 Å². The molecule has 0 unspecified atom stereocenters. The molecule has 0 saturated carbocycles. The summed E-state index contributed by atoms with van der Waals surface area (Å²) in [6.07, 6.45) is 3.32. The molecule has 8 nitrogen and oxygen atoms in total. The molecular weight excluding hydrogens is 380 g/mol. The highest BCUT2D eigenvalue weighted by atomic mass is 32.2. The lowest BCUT2D eigenvalue weighted by Gasteiger charge is -2.20. The Morgan fingerprint density at radius 1 is 1.21 bits per heavy atom. The molecule has 0 atom stereocenters.